The summed E-state index contributed by atoms with van der Waals surface area (Å²) in [6, 6.07) is 4.24. The lowest BCUT2D eigenvalue weighted by Gasteiger charge is -2.47. The molecule has 1 saturated heterocycles. The van der Waals surface area contributed by atoms with Gasteiger partial charge in [0.05, 0.1) is 13.2 Å². The fourth-order valence-corrected chi connectivity index (χ4v) is 4.57. The van der Waals surface area contributed by atoms with Gasteiger partial charge in [0, 0.05) is 26.2 Å². The molecule has 2 N–H and O–H groups in total. The molecule has 156 valence electrons. The first-order valence-corrected chi connectivity index (χ1v) is 10.2. The first-order valence-electron chi connectivity index (χ1n) is 10.2. The number of carbonyl (C=O) groups is 1. The van der Waals surface area contributed by atoms with E-state index in [1.165, 1.54) is 11.1 Å². The highest BCUT2D eigenvalue weighted by molar-refractivity contribution is 5.77. The van der Waals surface area contributed by atoms with Crippen molar-refractivity contribution in [3.8, 4) is 11.5 Å². The van der Waals surface area contributed by atoms with Crippen LogP contribution < -0.4 is 14.8 Å². The molecule has 0 spiro atoms. The predicted molar refractivity (Wildman–Crippen MR) is 109 cm³/mol. The summed E-state index contributed by atoms with van der Waals surface area (Å²) in [5.74, 6) is 1.37. The number of ether oxygens (including phenoxy) is 2. The largest absolute Gasteiger partial charge is 0.493 e. The molecule has 3 rings (SSSR count). The molecule has 0 unspecified atom stereocenters. The Morgan fingerprint density at radius 1 is 1.32 bits per heavy atom. The highest BCUT2D eigenvalue weighted by Gasteiger charge is 2.39. The van der Waals surface area contributed by atoms with Crippen LogP contribution in [0.4, 0.5) is 0 Å². The van der Waals surface area contributed by atoms with E-state index in [0.29, 0.717) is 17.4 Å². The van der Waals surface area contributed by atoms with Gasteiger partial charge in [-0.15, -0.1) is 0 Å². The Morgan fingerprint density at radius 2 is 2.07 bits per heavy atom. The molecule has 1 amide bonds. The van der Waals surface area contributed by atoms with Gasteiger partial charge in [-0.1, -0.05) is 20.8 Å². The van der Waals surface area contributed by atoms with Crippen LogP contribution in [0.3, 0.4) is 0 Å². The Labute approximate surface area is 168 Å². The van der Waals surface area contributed by atoms with Crippen molar-refractivity contribution in [1.29, 1.82) is 0 Å². The Bertz CT molecular complexity index is 713. The molecule has 2 aliphatic rings. The summed E-state index contributed by atoms with van der Waals surface area (Å²) in [6.07, 6.45) is 2.42. The van der Waals surface area contributed by atoms with Gasteiger partial charge in [0.25, 0.3) is 5.91 Å². The van der Waals surface area contributed by atoms with Crippen molar-refractivity contribution in [2.45, 2.75) is 52.2 Å². The Hall–Kier alpha value is -1.79. The molecule has 0 aromatic heterocycles. The van der Waals surface area contributed by atoms with Gasteiger partial charge < -0.3 is 19.9 Å². The van der Waals surface area contributed by atoms with E-state index in [9.17, 15) is 9.90 Å². The number of piperidine rings is 1. The first kappa shape index (κ1) is 20.9. The molecule has 0 saturated carbocycles. The smallest absolute Gasteiger partial charge is 0.257 e. The van der Waals surface area contributed by atoms with Crippen LogP contribution in [-0.4, -0.2) is 55.9 Å². The summed E-state index contributed by atoms with van der Waals surface area (Å²) in [5.41, 5.74) is 2.64. The van der Waals surface area contributed by atoms with Crippen LogP contribution in [0.15, 0.2) is 12.1 Å². The number of amides is 1. The highest BCUT2D eigenvalue weighted by atomic mass is 16.5. The van der Waals surface area contributed by atoms with Gasteiger partial charge in [0.1, 0.15) is 0 Å². The monoisotopic (exact) mass is 390 g/mol. The van der Waals surface area contributed by atoms with Crippen LogP contribution in [0.2, 0.25) is 0 Å². The maximum absolute atomic E-state index is 11.5. The molecule has 6 heteroatoms. The summed E-state index contributed by atoms with van der Waals surface area (Å²) in [4.78, 5) is 14.0. The number of fused-ring (bicyclic) bond motifs is 3. The molecule has 28 heavy (non-hydrogen) atoms. The van der Waals surface area contributed by atoms with Crippen molar-refractivity contribution >= 4 is 5.91 Å². The minimum absolute atomic E-state index is 0.0333. The lowest BCUT2D eigenvalue weighted by atomic mass is 9.75. The summed E-state index contributed by atoms with van der Waals surface area (Å²) in [7, 11) is 3.20. The second-order valence-electron chi connectivity index (χ2n) is 9.25. The molecule has 1 fully saturated rings. The Kier molecular flexibility index (Phi) is 6.20. The molecular formula is C22H34N2O4. The lowest BCUT2D eigenvalue weighted by molar-refractivity contribution is -0.122. The lowest BCUT2D eigenvalue weighted by Crippen LogP contribution is -2.48. The summed E-state index contributed by atoms with van der Waals surface area (Å²) in [5, 5.41) is 13.4. The van der Waals surface area contributed by atoms with Gasteiger partial charge in [0.15, 0.2) is 18.1 Å². The molecule has 0 bridgehead atoms. The number of hydrogen-bond acceptors (Lipinski definition) is 5. The van der Waals surface area contributed by atoms with Crippen molar-refractivity contribution in [1.82, 2.24) is 10.2 Å². The predicted octanol–water partition coefficient (Wildman–Crippen LogP) is 2.54. The normalized spacial score (nSPS) is 24.9. The zero-order valence-corrected chi connectivity index (χ0v) is 17.7. The van der Waals surface area contributed by atoms with Crippen molar-refractivity contribution in [3.05, 3.63) is 23.3 Å². The SMILES string of the molecule is CNC(=O)COc1cc2c(cc1OC)[C@H]1C[C@@H](O)[C@H](CC(C)(C)C)CN1CC2. The molecule has 2 aliphatic heterocycles. The van der Waals surface area contributed by atoms with Gasteiger partial charge in [-0.3, -0.25) is 9.69 Å². The quantitative estimate of drug-likeness (QED) is 0.809. The van der Waals surface area contributed by atoms with E-state index >= 15 is 0 Å². The van der Waals surface area contributed by atoms with Crippen molar-refractivity contribution in [2.75, 3.05) is 33.9 Å². The number of nitrogens with zero attached hydrogens (tertiary/aromatic N) is 1. The van der Waals surface area contributed by atoms with E-state index in [0.717, 1.165) is 32.4 Å². The molecular weight excluding hydrogens is 356 g/mol. The fourth-order valence-electron chi connectivity index (χ4n) is 4.57. The van der Waals surface area contributed by atoms with Crippen LogP contribution in [-0.2, 0) is 11.2 Å². The van der Waals surface area contributed by atoms with Crippen LogP contribution in [0.1, 0.15) is 50.8 Å². The number of rotatable bonds is 5. The van der Waals surface area contributed by atoms with Gasteiger partial charge in [-0.2, -0.15) is 0 Å². The number of aliphatic hydroxyl groups is 1. The molecule has 6 nitrogen and oxygen atoms in total. The minimum atomic E-state index is -0.290. The topological polar surface area (TPSA) is 71.0 Å². The van der Waals surface area contributed by atoms with E-state index in [-0.39, 0.29) is 30.1 Å². The summed E-state index contributed by atoms with van der Waals surface area (Å²) >= 11 is 0. The summed E-state index contributed by atoms with van der Waals surface area (Å²) < 4.78 is 11.2. The van der Waals surface area contributed by atoms with Crippen molar-refractivity contribution < 1.29 is 19.4 Å². The van der Waals surface area contributed by atoms with E-state index in [1.54, 1.807) is 14.2 Å². The third kappa shape index (κ3) is 4.61. The number of methoxy groups -OCH3 is 1. The van der Waals surface area contributed by atoms with Crippen LogP contribution in [0, 0.1) is 11.3 Å². The second kappa shape index (κ2) is 8.29. The minimum Gasteiger partial charge on any atom is -0.493 e. The first-order chi connectivity index (χ1) is 13.2. The highest BCUT2D eigenvalue weighted by Crippen LogP contribution is 2.44. The maximum atomic E-state index is 11.5. The molecule has 2 heterocycles. The van der Waals surface area contributed by atoms with Crippen LogP contribution in [0.25, 0.3) is 0 Å². The zero-order chi connectivity index (χ0) is 20.5. The number of carbonyl (C=O) groups excluding carboxylic acids is 1. The number of benzene rings is 1. The van der Waals surface area contributed by atoms with Gasteiger partial charge in [-0.05, 0) is 53.9 Å². The molecule has 3 atom stereocenters. The van der Waals surface area contributed by atoms with E-state index in [4.69, 9.17) is 9.47 Å². The molecule has 1 aromatic carbocycles. The molecule has 0 aliphatic carbocycles. The number of nitrogens with one attached hydrogen (secondary N) is 1. The van der Waals surface area contributed by atoms with Gasteiger partial charge >= 0.3 is 0 Å². The molecule has 0 radical (unpaired) electrons. The van der Waals surface area contributed by atoms with Gasteiger partial charge in [-0.25, -0.2) is 0 Å². The summed E-state index contributed by atoms with van der Waals surface area (Å²) in [6.45, 7) is 8.59. The average molecular weight is 391 g/mol. The molecule has 1 aromatic rings. The Balaban J connectivity index is 1.81. The second-order valence-corrected chi connectivity index (χ2v) is 9.25. The maximum Gasteiger partial charge on any atom is 0.257 e. The number of aliphatic hydroxyl groups excluding tert-OH is 1. The van der Waals surface area contributed by atoms with Crippen LogP contribution in [0.5, 0.6) is 11.5 Å². The van der Waals surface area contributed by atoms with E-state index in [2.05, 4.69) is 31.0 Å². The van der Waals surface area contributed by atoms with Crippen molar-refractivity contribution in [2.24, 2.45) is 11.3 Å². The van der Waals surface area contributed by atoms with Crippen LogP contribution >= 0.6 is 0 Å². The third-order valence-corrected chi connectivity index (χ3v) is 5.88. The third-order valence-electron chi connectivity index (χ3n) is 5.88. The van der Waals surface area contributed by atoms with Crippen molar-refractivity contribution in [3.63, 3.8) is 0 Å². The number of hydrogen-bond donors (Lipinski definition) is 2. The number of likely N-dealkylation sites (N-methyl/N-ethyl adjacent to an activating group) is 1. The van der Waals surface area contributed by atoms with E-state index in [1.807, 2.05) is 12.1 Å². The Morgan fingerprint density at radius 3 is 2.71 bits per heavy atom. The fraction of sp³-hybridized carbons (Fsp3) is 0.682. The average Bonchev–Trinajstić information content (AvgIpc) is 2.64. The van der Waals surface area contributed by atoms with Gasteiger partial charge in [0.2, 0.25) is 0 Å². The standard InChI is InChI=1S/C22H34N2O4/c1-22(2,3)11-15-12-24-7-6-14-8-20(28-13-21(26)23-4)19(27-5)9-16(14)17(24)10-18(15)25/h8-9,15,17-18,25H,6-7,10-13H2,1-5H3,(H,23,26)/t15-,17-,18-/m1/s1. The zero-order valence-electron chi connectivity index (χ0n) is 17.7. The van der Waals surface area contributed by atoms with E-state index < -0.39 is 0 Å².